The van der Waals surface area contributed by atoms with Crippen LogP contribution in [-0.4, -0.2) is 39.2 Å². The van der Waals surface area contributed by atoms with Crippen LogP contribution in [0.4, 0.5) is 0 Å². The highest BCUT2D eigenvalue weighted by atomic mass is 32.1. The Labute approximate surface area is 145 Å². The Balaban J connectivity index is 2.19. The second kappa shape index (κ2) is 6.36. The highest BCUT2D eigenvalue weighted by Gasteiger charge is 2.22. The lowest BCUT2D eigenvalue weighted by atomic mass is 10.1. The summed E-state index contributed by atoms with van der Waals surface area (Å²) >= 11 is 1.62. The van der Waals surface area contributed by atoms with E-state index in [2.05, 4.69) is 18.9 Å². The minimum atomic E-state index is 0.0185. The Morgan fingerprint density at radius 1 is 1.42 bits per heavy atom. The monoisotopic (exact) mass is 342 g/mol. The maximum absolute atomic E-state index is 13.0. The van der Waals surface area contributed by atoms with E-state index >= 15 is 0 Å². The van der Waals surface area contributed by atoms with Crippen LogP contribution < -0.4 is 0 Å². The number of carbonyl (C=O) groups excluding carboxylic acids is 1. The van der Waals surface area contributed by atoms with E-state index in [1.165, 1.54) is 0 Å². The summed E-state index contributed by atoms with van der Waals surface area (Å²) in [6.07, 6.45) is 0. The first-order valence-corrected chi connectivity index (χ1v) is 8.90. The van der Waals surface area contributed by atoms with Crippen LogP contribution in [0.15, 0.2) is 23.6 Å². The molecule has 126 valence electrons. The summed E-state index contributed by atoms with van der Waals surface area (Å²) in [6, 6.07) is 5.92. The molecule has 0 saturated carbocycles. The van der Waals surface area contributed by atoms with E-state index in [4.69, 9.17) is 4.98 Å². The molecule has 6 heteroatoms. The molecule has 24 heavy (non-hydrogen) atoms. The number of thiophene rings is 1. The molecule has 3 heterocycles. The van der Waals surface area contributed by atoms with Crippen LogP contribution in [0.25, 0.3) is 21.6 Å². The fraction of sp³-hybridized carbons (Fsp3) is 0.389. The number of aromatic nitrogens is 3. The maximum atomic E-state index is 13.0. The first-order valence-electron chi connectivity index (χ1n) is 8.02. The lowest BCUT2D eigenvalue weighted by Crippen LogP contribution is -2.30. The van der Waals surface area contributed by atoms with Crippen LogP contribution in [0, 0.1) is 12.8 Å². The van der Waals surface area contributed by atoms with Gasteiger partial charge in [-0.2, -0.15) is 5.10 Å². The Morgan fingerprint density at radius 2 is 2.17 bits per heavy atom. The molecule has 0 aliphatic carbocycles. The number of nitrogens with zero attached hydrogens (tertiary/aromatic N) is 4. The van der Waals surface area contributed by atoms with Crippen molar-refractivity contribution in [3.05, 3.63) is 34.8 Å². The molecule has 0 radical (unpaired) electrons. The minimum Gasteiger partial charge on any atom is -0.341 e. The molecule has 0 bridgehead atoms. The summed E-state index contributed by atoms with van der Waals surface area (Å²) < 4.78 is 1.75. The number of pyridine rings is 1. The third kappa shape index (κ3) is 2.94. The van der Waals surface area contributed by atoms with Gasteiger partial charge in [-0.1, -0.05) is 19.9 Å². The predicted octanol–water partition coefficient (Wildman–Crippen LogP) is 3.73. The van der Waals surface area contributed by atoms with E-state index in [9.17, 15) is 4.79 Å². The second-order valence-corrected chi connectivity index (χ2v) is 7.47. The van der Waals surface area contributed by atoms with Crippen LogP contribution >= 0.6 is 11.3 Å². The van der Waals surface area contributed by atoms with Crippen LogP contribution in [0.2, 0.25) is 0 Å². The molecular formula is C18H22N4OS. The SMILES string of the molecule is Cc1nn(C)c2nc(-c3cccs3)cc(C(=O)N(C)CC(C)C)c12. The molecule has 3 aromatic heterocycles. The van der Waals surface area contributed by atoms with Crippen molar-refractivity contribution in [2.75, 3.05) is 13.6 Å². The lowest BCUT2D eigenvalue weighted by Gasteiger charge is -2.20. The van der Waals surface area contributed by atoms with Crippen molar-refractivity contribution >= 4 is 28.3 Å². The third-order valence-electron chi connectivity index (χ3n) is 3.96. The summed E-state index contributed by atoms with van der Waals surface area (Å²) in [5.41, 5.74) is 3.08. The van der Waals surface area contributed by atoms with E-state index in [0.717, 1.165) is 33.8 Å². The van der Waals surface area contributed by atoms with E-state index in [1.54, 1.807) is 20.9 Å². The van der Waals surface area contributed by atoms with Gasteiger partial charge < -0.3 is 4.90 Å². The van der Waals surface area contributed by atoms with E-state index in [0.29, 0.717) is 11.5 Å². The summed E-state index contributed by atoms with van der Waals surface area (Å²) in [4.78, 5) is 20.6. The van der Waals surface area contributed by atoms with Crippen molar-refractivity contribution in [1.29, 1.82) is 0 Å². The Hall–Kier alpha value is -2.21. The zero-order valence-corrected chi connectivity index (χ0v) is 15.5. The maximum Gasteiger partial charge on any atom is 0.254 e. The van der Waals surface area contributed by atoms with Crippen molar-refractivity contribution in [2.24, 2.45) is 13.0 Å². The topological polar surface area (TPSA) is 51.0 Å². The van der Waals surface area contributed by atoms with Crippen molar-refractivity contribution in [2.45, 2.75) is 20.8 Å². The summed E-state index contributed by atoms with van der Waals surface area (Å²) in [7, 11) is 3.72. The van der Waals surface area contributed by atoms with E-state index in [1.807, 2.05) is 44.6 Å². The average Bonchev–Trinajstić information content (AvgIpc) is 3.14. The first-order chi connectivity index (χ1) is 11.4. The first kappa shape index (κ1) is 16.6. The van der Waals surface area contributed by atoms with Gasteiger partial charge in [-0.25, -0.2) is 4.98 Å². The molecule has 0 aliphatic rings. The third-order valence-corrected chi connectivity index (χ3v) is 4.85. The number of aryl methyl sites for hydroxylation is 2. The molecule has 0 atom stereocenters. The number of hydrogen-bond donors (Lipinski definition) is 0. The Kier molecular flexibility index (Phi) is 4.41. The molecule has 3 aromatic rings. The van der Waals surface area contributed by atoms with Crippen molar-refractivity contribution < 1.29 is 4.79 Å². The molecule has 3 rings (SSSR count). The second-order valence-electron chi connectivity index (χ2n) is 6.52. The van der Waals surface area contributed by atoms with Gasteiger partial charge in [-0.3, -0.25) is 9.48 Å². The zero-order chi connectivity index (χ0) is 17.4. The molecule has 5 nitrogen and oxygen atoms in total. The Bertz CT molecular complexity index is 880. The number of hydrogen-bond acceptors (Lipinski definition) is 4. The number of carbonyl (C=O) groups is 1. The average molecular weight is 342 g/mol. The highest BCUT2D eigenvalue weighted by Crippen LogP contribution is 2.29. The van der Waals surface area contributed by atoms with Crippen LogP contribution in [0.3, 0.4) is 0 Å². The molecule has 0 saturated heterocycles. The number of amides is 1. The van der Waals surface area contributed by atoms with Gasteiger partial charge >= 0.3 is 0 Å². The van der Waals surface area contributed by atoms with E-state index < -0.39 is 0 Å². The van der Waals surface area contributed by atoms with Gasteiger partial charge in [0.2, 0.25) is 0 Å². The van der Waals surface area contributed by atoms with Gasteiger partial charge in [0, 0.05) is 20.6 Å². The van der Waals surface area contributed by atoms with Crippen molar-refractivity contribution in [3.8, 4) is 10.6 Å². The highest BCUT2D eigenvalue weighted by molar-refractivity contribution is 7.13. The van der Waals surface area contributed by atoms with Crippen LogP contribution in [0.1, 0.15) is 29.9 Å². The molecular weight excluding hydrogens is 320 g/mol. The Morgan fingerprint density at radius 3 is 2.79 bits per heavy atom. The molecule has 0 spiro atoms. The van der Waals surface area contributed by atoms with Gasteiger partial charge in [0.25, 0.3) is 5.91 Å². The molecule has 0 N–H and O–H groups in total. The standard InChI is InChI=1S/C18H22N4OS/c1-11(2)10-21(4)18(23)13-9-14(15-7-6-8-24-15)19-17-16(13)12(3)20-22(17)5/h6-9,11H,10H2,1-5H3. The van der Waals surface area contributed by atoms with Crippen molar-refractivity contribution in [3.63, 3.8) is 0 Å². The summed E-state index contributed by atoms with van der Waals surface area (Å²) in [5.74, 6) is 0.438. The fourth-order valence-electron chi connectivity index (χ4n) is 3.00. The molecule has 0 fully saturated rings. The predicted molar refractivity (Wildman–Crippen MR) is 98.4 cm³/mol. The number of rotatable bonds is 4. The zero-order valence-electron chi connectivity index (χ0n) is 14.7. The van der Waals surface area contributed by atoms with Crippen molar-refractivity contribution in [1.82, 2.24) is 19.7 Å². The quantitative estimate of drug-likeness (QED) is 0.726. The van der Waals surface area contributed by atoms with E-state index in [-0.39, 0.29) is 5.91 Å². The van der Waals surface area contributed by atoms with Crippen LogP contribution in [-0.2, 0) is 7.05 Å². The van der Waals surface area contributed by atoms with Gasteiger partial charge in [-0.05, 0) is 30.4 Å². The molecule has 0 aromatic carbocycles. The lowest BCUT2D eigenvalue weighted by molar-refractivity contribution is 0.0781. The molecule has 0 aliphatic heterocycles. The van der Waals surface area contributed by atoms with Gasteiger partial charge in [0.05, 0.1) is 27.2 Å². The molecule has 1 amide bonds. The fourth-order valence-corrected chi connectivity index (χ4v) is 3.69. The smallest absolute Gasteiger partial charge is 0.254 e. The van der Waals surface area contributed by atoms with Gasteiger partial charge in [-0.15, -0.1) is 11.3 Å². The summed E-state index contributed by atoms with van der Waals surface area (Å²) in [5, 5.41) is 7.32. The van der Waals surface area contributed by atoms with Gasteiger partial charge in [0.15, 0.2) is 5.65 Å². The number of fused-ring (bicyclic) bond motifs is 1. The summed E-state index contributed by atoms with van der Waals surface area (Å²) in [6.45, 7) is 6.86. The molecule has 0 unspecified atom stereocenters. The minimum absolute atomic E-state index is 0.0185. The normalized spacial score (nSPS) is 11.4. The van der Waals surface area contributed by atoms with Gasteiger partial charge in [0.1, 0.15) is 0 Å². The largest absolute Gasteiger partial charge is 0.341 e. The van der Waals surface area contributed by atoms with Crippen LogP contribution in [0.5, 0.6) is 0 Å².